The Labute approximate surface area is 184 Å². The molecule has 0 rings (SSSR count). The molecule has 0 aliphatic heterocycles. The van der Waals surface area contributed by atoms with Crippen molar-refractivity contribution < 1.29 is 24.9 Å². The summed E-state index contributed by atoms with van der Waals surface area (Å²) in [6, 6.07) is -1.01. The molecule has 7 heteroatoms. The second-order valence-electron chi connectivity index (χ2n) is 7.00. The Kier molecular flexibility index (Phi) is 18.0. The minimum absolute atomic E-state index is 0.00938. The Morgan fingerprint density at radius 3 is 2.40 bits per heavy atom. The van der Waals surface area contributed by atoms with E-state index in [4.69, 9.17) is 15.9 Å². The van der Waals surface area contributed by atoms with E-state index in [-0.39, 0.29) is 17.4 Å². The third kappa shape index (κ3) is 17.1. The van der Waals surface area contributed by atoms with Gasteiger partial charge in [0.2, 0.25) is 0 Å². The minimum atomic E-state index is -1.09. The molecule has 0 aromatic rings. The second-order valence-corrected chi connectivity index (χ2v) is 8.21. The minimum Gasteiger partial charge on any atom is -0.481 e. The number of hydrogen-bond acceptors (Lipinski definition) is 5. The highest BCUT2D eigenvalue weighted by Gasteiger charge is 2.20. The molecule has 0 aromatic heterocycles. The van der Waals surface area contributed by atoms with Crippen LogP contribution in [0.25, 0.3) is 0 Å². The molecule has 0 saturated heterocycles. The van der Waals surface area contributed by atoms with Gasteiger partial charge in [0, 0.05) is 17.4 Å². The van der Waals surface area contributed by atoms with Gasteiger partial charge in [0.15, 0.2) is 0 Å². The van der Waals surface area contributed by atoms with Gasteiger partial charge in [-0.2, -0.15) is 0 Å². The zero-order valence-electron chi connectivity index (χ0n) is 17.9. The van der Waals surface area contributed by atoms with Crippen LogP contribution >= 0.6 is 11.8 Å². The number of aliphatic hydroxyl groups is 1. The number of hydrogen-bond donors (Lipinski definition) is 4. The predicted octanol–water partition coefficient (Wildman–Crippen LogP) is 4.31. The molecule has 6 nitrogen and oxygen atoms in total. The van der Waals surface area contributed by atoms with E-state index in [1.54, 1.807) is 12.2 Å². The molecule has 0 aliphatic carbocycles. The lowest BCUT2D eigenvalue weighted by molar-refractivity contribution is -0.138. The average molecular weight is 440 g/mol. The van der Waals surface area contributed by atoms with Crippen molar-refractivity contribution in [2.45, 2.75) is 75.7 Å². The van der Waals surface area contributed by atoms with Crippen molar-refractivity contribution in [2.24, 2.45) is 5.73 Å². The summed E-state index contributed by atoms with van der Waals surface area (Å²) in [4.78, 5) is 21.5. The van der Waals surface area contributed by atoms with Gasteiger partial charge in [-0.3, -0.25) is 9.59 Å². The molecule has 30 heavy (non-hydrogen) atoms. The fraction of sp³-hybridized carbons (Fsp3) is 0.565. The first-order chi connectivity index (χ1) is 14.4. The number of allylic oxidation sites excluding steroid dienone is 7. The number of carbonyl (C=O) groups is 2. The maximum absolute atomic E-state index is 10.9. The molecule has 0 spiro atoms. The van der Waals surface area contributed by atoms with Crippen LogP contribution in [0.3, 0.4) is 0 Å². The van der Waals surface area contributed by atoms with Crippen molar-refractivity contribution in [1.82, 2.24) is 0 Å². The van der Waals surface area contributed by atoms with E-state index in [0.29, 0.717) is 12.8 Å². The third-order valence-corrected chi connectivity index (χ3v) is 5.65. The van der Waals surface area contributed by atoms with Crippen LogP contribution < -0.4 is 5.73 Å². The molecule has 0 radical (unpaired) electrons. The molecule has 0 fully saturated rings. The van der Waals surface area contributed by atoms with Crippen LogP contribution in [-0.2, 0) is 9.59 Å². The summed E-state index contributed by atoms with van der Waals surface area (Å²) in [5.74, 6) is -1.83. The van der Waals surface area contributed by atoms with Gasteiger partial charge in [0.1, 0.15) is 6.04 Å². The summed E-state index contributed by atoms with van der Waals surface area (Å²) in [5, 5.41) is 27.6. The smallest absolute Gasteiger partial charge is 0.321 e. The molecular formula is C23H37NO5S. The van der Waals surface area contributed by atoms with Gasteiger partial charge in [0.25, 0.3) is 0 Å². The number of rotatable bonds is 18. The predicted molar refractivity (Wildman–Crippen MR) is 125 cm³/mol. The second kappa shape index (κ2) is 19.2. The van der Waals surface area contributed by atoms with Crippen molar-refractivity contribution in [3.05, 3.63) is 48.6 Å². The van der Waals surface area contributed by atoms with Gasteiger partial charge in [-0.05, 0) is 32.1 Å². The van der Waals surface area contributed by atoms with E-state index >= 15 is 0 Å². The van der Waals surface area contributed by atoms with Crippen LogP contribution in [0.5, 0.6) is 0 Å². The van der Waals surface area contributed by atoms with Gasteiger partial charge in [-0.25, -0.2) is 0 Å². The molecule has 5 N–H and O–H groups in total. The maximum Gasteiger partial charge on any atom is 0.321 e. The van der Waals surface area contributed by atoms with Crippen LogP contribution in [0.1, 0.15) is 58.3 Å². The van der Waals surface area contributed by atoms with Crippen LogP contribution in [-0.4, -0.2) is 50.4 Å². The third-order valence-electron chi connectivity index (χ3n) is 4.24. The summed E-state index contributed by atoms with van der Waals surface area (Å²) in [5.41, 5.74) is 5.54. The Balaban J connectivity index is 4.51. The first-order valence-electron chi connectivity index (χ1n) is 10.5. The summed E-state index contributed by atoms with van der Waals surface area (Å²) < 4.78 is 0. The molecule has 0 unspecified atom stereocenters. The van der Waals surface area contributed by atoms with Crippen LogP contribution in [0.2, 0.25) is 0 Å². The van der Waals surface area contributed by atoms with Crippen molar-refractivity contribution in [3.63, 3.8) is 0 Å². The fourth-order valence-corrected chi connectivity index (χ4v) is 3.60. The molecule has 0 aromatic carbocycles. The van der Waals surface area contributed by atoms with Gasteiger partial charge < -0.3 is 21.1 Å². The topological polar surface area (TPSA) is 121 Å². The van der Waals surface area contributed by atoms with Crippen molar-refractivity contribution in [3.8, 4) is 0 Å². The lowest BCUT2D eigenvalue weighted by Crippen LogP contribution is -2.34. The zero-order chi connectivity index (χ0) is 22.6. The first kappa shape index (κ1) is 28.2. The summed E-state index contributed by atoms with van der Waals surface area (Å²) in [6.07, 6.45) is 21.3. The average Bonchev–Trinajstić information content (AvgIpc) is 2.70. The Hall–Kier alpha value is -1.83. The van der Waals surface area contributed by atoms with E-state index in [2.05, 4.69) is 25.2 Å². The molecule has 170 valence electrons. The molecule has 0 amide bonds. The number of nitrogens with two attached hydrogens (primary N) is 1. The highest BCUT2D eigenvalue weighted by atomic mass is 32.2. The number of unbranched alkanes of at least 4 members (excludes halogenated alkanes) is 3. The highest BCUT2D eigenvalue weighted by molar-refractivity contribution is 8.00. The molecule has 0 bridgehead atoms. The van der Waals surface area contributed by atoms with Gasteiger partial charge in [-0.1, -0.05) is 68.4 Å². The van der Waals surface area contributed by atoms with E-state index in [0.717, 1.165) is 12.8 Å². The van der Waals surface area contributed by atoms with Crippen molar-refractivity contribution in [2.75, 3.05) is 5.75 Å². The van der Waals surface area contributed by atoms with Gasteiger partial charge >= 0.3 is 11.9 Å². The number of aliphatic hydroxyl groups excluding tert-OH is 1. The van der Waals surface area contributed by atoms with Crippen molar-refractivity contribution >= 4 is 23.7 Å². The lowest BCUT2D eigenvalue weighted by Gasteiger charge is -2.20. The molecular weight excluding hydrogens is 402 g/mol. The molecule has 3 atom stereocenters. The number of carboxylic acid groups (broad SMARTS) is 2. The quantitative estimate of drug-likeness (QED) is 0.143. The first-order valence-corrected chi connectivity index (χ1v) is 11.6. The number of carboxylic acids is 2. The largest absolute Gasteiger partial charge is 0.481 e. The van der Waals surface area contributed by atoms with E-state index in [1.807, 2.05) is 18.2 Å². The molecule has 0 saturated carbocycles. The van der Waals surface area contributed by atoms with E-state index < -0.39 is 24.1 Å². The fourth-order valence-electron chi connectivity index (χ4n) is 2.47. The standard InChI is InChI=1S/C23H37NO5S/c1-2-3-4-5-6-7-8-9-10-11-12-13-16-21(30-18-19(24)23(28)29)20(25)15-14-17-22(26)27/h6-7,9-13,16,19-21,25H,2-5,8,14-15,17-18,24H2,1H3,(H,26,27)(H,28,29)/t19-,20+,21+/m0/s1. The van der Waals surface area contributed by atoms with E-state index in [9.17, 15) is 14.7 Å². The summed E-state index contributed by atoms with van der Waals surface area (Å²) in [7, 11) is 0. The Morgan fingerprint density at radius 1 is 1.00 bits per heavy atom. The molecule has 0 heterocycles. The van der Waals surface area contributed by atoms with Crippen LogP contribution in [0, 0.1) is 0 Å². The van der Waals surface area contributed by atoms with Gasteiger partial charge in [-0.15, -0.1) is 11.8 Å². The van der Waals surface area contributed by atoms with Crippen molar-refractivity contribution in [1.29, 1.82) is 0 Å². The lowest BCUT2D eigenvalue weighted by atomic mass is 10.1. The maximum atomic E-state index is 10.9. The Morgan fingerprint density at radius 2 is 1.73 bits per heavy atom. The summed E-state index contributed by atoms with van der Waals surface area (Å²) >= 11 is 1.26. The van der Waals surface area contributed by atoms with Gasteiger partial charge in [0.05, 0.1) is 6.10 Å². The Bertz CT molecular complexity index is 586. The highest BCUT2D eigenvalue weighted by Crippen LogP contribution is 2.21. The molecule has 0 aliphatic rings. The van der Waals surface area contributed by atoms with Crippen LogP contribution in [0.15, 0.2) is 48.6 Å². The number of aliphatic carboxylic acids is 2. The normalized spacial score (nSPS) is 15.4. The number of thioether (sulfide) groups is 1. The van der Waals surface area contributed by atoms with E-state index in [1.165, 1.54) is 31.0 Å². The van der Waals surface area contributed by atoms with Crippen LogP contribution in [0.4, 0.5) is 0 Å². The monoisotopic (exact) mass is 439 g/mol. The zero-order valence-corrected chi connectivity index (χ0v) is 18.7. The SMILES string of the molecule is CCCCCC=CCC=CC=CC=C[C@@H](SC[C@H](N)C(=O)O)[C@H](O)CCCC(=O)O. The summed E-state index contributed by atoms with van der Waals surface area (Å²) in [6.45, 7) is 2.19.